The lowest BCUT2D eigenvalue weighted by atomic mass is 10.1. The number of imidazole rings is 1. The summed E-state index contributed by atoms with van der Waals surface area (Å²) < 4.78 is 19.0. The summed E-state index contributed by atoms with van der Waals surface area (Å²) in [4.78, 5) is 18.2. The zero-order chi connectivity index (χ0) is 26.2. The zero-order valence-electron chi connectivity index (χ0n) is 21.1. The highest BCUT2D eigenvalue weighted by atomic mass is 32.2. The van der Waals surface area contributed by atoms with E-state index in [-0.39, 0.29) is 5.91 Å². The van der Waals surface area contributed by atoms with E-state index < -0.39 is 5.25 Å². The quantitative estimate of drug-likeness (QED) is 0.226. The Labute approximate surface area is 223 Å². The lowest BCUT2D eigenvalue weighted by Gasteiger charge is -2.15. The van der Waals surface area contributed by atoms with Crippen LogP contribution in [-0.4, -0.2) is 34.9 Å². The Morgan fingerprint density at radius 2 is 1.68 bits per heavy atom. The Bertz CT molecular complexity index is 1790. The molecule has 38 heavy (non-hydrogen) atoms. The molecule has 7 nitrogen and oxygen atoms in total. The van der Waals surface area contributed by atoms with E-state index in [0.717, 1.165) is 44.0 Å². The van der Waals surface area contributed by atoms with Gasteiger partial charge in [0.05, 0.1) is 36.2 Å². The molecule has 8 heteroatoms. The molecule has 0 saturated carbocycles. The number of para-hydroxylation sites is 3. The molecule has 0 bridgehead atoms. The van der Waals surface area contributed by atoms with Gasteiger partial charge in [-0.3, -0.25) is 9.36 Å². The minimum atomic E-state index is -0.445. The third-order valence-electron chi connectivity index (χ3n) is 6.47. The van der Waals surface area contributed by atoms with Crippen LogP contribution < -0.4 is 14.8 Å². The molecule has 0 aliphatic rings. The van der Waals surface area contributed by atoms with Crippen molar-refractivity contribution in [2.45, 2.75) is 17.3 Å². The van der Waals surface area contributed by atoms with Gasteiger partial charge in [-0.05, 0) is 55.5 Å². The topological polar surface area (TPSA) is 78.5 Å². The number of hydrogen-bond acceptors (Lipinski definition) is 6. The number of hydrogen-bond donors (Lipinski definition) is 1. The molecule has 4 aromatic carbocycles. The van der Waals surface area contributed by atoms with Gasteiger partial charge >= 0.3 is 0 Å². The number of methoxy groups -OCH3 is 2. The van der Waals surface area contributed by atoms with Crippen LogP contribution in [0.2, 0.25) is 0 Å². The molecule has 1 amide bonds. The van der Waals surface area contributed by atoms with E-state index in [1.165, 1.54) is 11.8 Å². The molecule has 0 unspecified atom stereocenters. The number of fused-ring (bicyclic) bond motifs is 4. The molecular weight excluding hydrogens is 498 g/mol. The molecule has 0 spiro atoms. The van der Waals surface area contributed by atoms with E-state index in [9.17, 15) is 4.79 Å². The van der Waals surface area contributed by atoms with Gasteiger partial charge in [-0.15, -0.1) is 0 Å². The first-order valence-corrected chi connectivity index (χ1v) is 13.0. The molecule has 2 heterocycles. The number of anilines is 1. The van der Waals surface area contributed by atoms with Gasteiger partial charge in [-0.1, -0.05) is 42.1 Å². The highest BCUT2D eigenvalue weighted by molar-refractivity contribution is 8.00. The largest absolute Gasteiger partial charge is 0.497 e. The fourth-order valence-corrected chi connectivity index (χ4v) is 5.47. The highest BCUT2D eigenvalue weighted by Crippen LogP contribution is 2.37. The summed E-state index contributed by atoms with van der Waals surface area (Å²) in [6, 6.07) is 27.3. The summed E-state index contributed by atoms with van der Waals surface area (Å²) in [5.41, 5.74) is 4.78. The van der Waals surface area contributed by atoms with Crippen molar-refractivity contribution in [3.05, 3.63) is 84.9 Å². The van der Waals surface area contributed by atoms with Gasteiger partial charge in [0.2, 0.25) is 5.91 Å². The molecule has 0 fully saturated rings. The van der Waals surface area contributed by atoms with Crippen LogP contribution in [0.5, 0.6) is 11.5 Å². The lowest BCUT2D eigenvalue weighted by Crippen LogP contribution is -2.23. The highest BCUT2D eigenvalue weighted by Gasteiger charge is 2.22. The van der Waals surface area contributed by atoms with Crippen molar-refractivity contribution in [3.8, 4) is 17.2 Å². The third-order valence-corrected chi connectivity index (χ3v) is 7.52. The predicted octanol–water partition coefficient (Wildman–Crippen LogP) is 7.06. The van der Waals surface area contributed by atoms with Gasteiger partial charge in [0, 0.05) is 22.5 Å². The minimum Gasteiger partial charge on any atom is -0.497 e. The average molecular weight is 524 g/mol. The second-order valence-corrected chi connectivity index (χ2v) is 10.1. The Hall–Kier alpha value is -4.43. The molecule has 6 rings (SSSR count). The van der Waals surface area contributed by atoms with E-state index in [2.05, 4.69) is 9.88 Å². The Morgan fingerprint density at radius 1 is 0.921 bits per heavy atom. The van der Waals surface area contributed by atoms with Crippen molar-refractivity contribution in [3.63, 3.8) is 0 Å². The van der Waals surface area contributed by atoms with Crippen LogP contribution in [0.15, 0.2) is 94.5 Å². The van der Waals surface area contributed by atoms with Crippen LogP contribution in [0.25, 0.3) is 38.7 Å². The van der Waals surface area contributed by atoms with E-state index in [1.807, 2.05) is 91.9 Å². The minimum absolute atomic E-state index is 0.169. The van der Waals surface area contributed by atoms with Crippen molar-refractivity contribution in [1.82, 2.24) is 9.55 Å². The molecule has 0 aliphatic carbocycles. The first kappa shape index (κ1) is 23.9. The SMILES string of the molecule is COc1ccc(-n2c(S[C@H](C)C(=O)Nc3cc4oc5ccccc5c4cc3OC)nc3ccccc32)cc1. The number of nitrogens with one attached hydrogen (secondary N) is 1. The summed E-state index contributed by atoms with van der Waals surface area (Å²) in [5.74, 6) is 1.17. The van der Waals surface area contributed by atoms with Crippen LogP contribution in [0.4, 0.5) is 5.69 Å². The number of thioether (sulfide) groups is 1. The van der Waals surface area contributed by atoms with Gasteiger partial charge in [0.1, 0.15) is 22.7 Å². The second kappa shape index (κ2) is 9.79. The van der Waals surface area contributed by atoms with Crippen molar-refractivity contribution < 1.29 is 18.7 Å². The Balaban J connectivity index is 1.30. The number of nitrogens with zero attached hydrogens (tertiary/aromatic N) is 2. The number of carbonyl (C=O) groups is 1. The summed E-state index contributed by atoms with van der Waals surface area (Å²) >= 11 is 1.39. The zero-order valence-corrected chi connectivity index (χ0v) is 21.9. The van der Waals surface area contributed by atoms with E-state index in [1.54, 1.807) is 14.2 Å². The number of benzene rings is 4. The number of rotatable bonds is 7. The molecule has 190 valence electrons. The van der Waals surface area contributed by atoms with Gasteiger partial charge in [0.15, 0.2) is 5.16 Å². The van der Waals surface area contributed by atoms with E-state index >= 15 is 0 Å². The Morgan fingerprint density at radius 3 is 2.47 bits per heavy atom. The number of aromatic nitrogens is 2. The normalized spacial score (nSPS) is 12.2. The van der Waals surface area contributed by atoms with Gasteiger partial charge in [0.25, 0.3) is 0 Å². The molecular formula is C30H25N3O4S. The molecule has 6 aromatic rings. The smallest absolute Gasteiger partial charge is 0.237 e. The third kappa shape index (κ3) is 4.22. The molecule has 0 saturated heterocycles. The van der Waals surface area contributed by atoms with E-state index in [0.29, 0.717) is 17.0 Å². The number of furan rings is 1. The summed E-state index contributed by atoms with van der Waals surface area (Å²) in [7, 11) is 3.23. The maximum atomic E-state index is 13.4. The molecule has 0 radical (unpaired) electrons. The number of carbonyl (C=O) groups excluding carboxylic acids is 1. The second-order valence-electron chi connectivity index (χ2n) is 8.81. The molecule has 2 aromatic heterocycles. The predicted molar refractivity (Wildman–Crippen MR) is 152 cm³/mol. The number of amides is 1. The van der Waals surface area contributed by atoms with Crippen LogP contribution >= 0.6 is 11.8 Å². The fourth-order valence-electron chi connectivity index (χ4n) is 4.53. The fraction of sp³-hybridized carbons (Fsp3) is 0.133. The summed E-state index contributed by atoms with van der Waals surface area (Å²) in [6.45, 7) is 1.86. The maximum absolute atomic E-state index is 13.4. The maximum Gasteiger partial charge on any atom is 0.237 e. The van der Waals surface area contributed by atoms with Crippen molar-refractivity contribution in [1.29, 1.82) is 0 Å². The van der Waals surface area contributed by atoms with Crippen molar-refractivity contribution in [2.75, 3.05) is 19.5 Å². The lowest BCUT2D eigenvalue weighted by molar-refractivity contribution is -0.115. The first-order chi connectivity index (χ1) is 18.6. The monoisotopic (exact) mass is 523 g/mol. The average Bonchev–Trinajstić information content (AvgIpc) is 3.49. The van der Waals surface area contributed by atoms with Gasteiger partial charge in [-0.2, -0.15) is 0 Å². The summed E-state index contributed by atoms with van der Waals surface area (Å²) in [5, 5.41) is 5.24. The Kier molecular flexibility index (Phi) is 6.17. The van der Waals surface area contributed by atoms with Gasteiger partial charge < -0.3 is 19.2 Å². The van der Waals surface area contributed by atoms with Crippen LogP contribution in [0, 0.1) is 0 Å². The standard InChI is InChI=1S/C30H25N3O4S/c1-18(29(34)31-24-17-27-22(16-28(24)36-3)21-8-4-7-11-26(21)37-27)38-30-32-23-9-5-6-10-25(23)33(30)19-12-14-20(35-2)15-13-19/h4-18H,1-3H3,(H,31,34)/t18-/m1/s1. The van der Waals surface area contributed by atoms with Crippen LogP contribution in [0.3, 0.4) is 0 Å². The first-order valence-electron chi connectivity index (χ1n) is 12.1. The van der Waals surface area contributed by atoms with Crippen LogP contribution in [0.1, 0.15) is 6.92 Å². The summed E-state index contributed by atoms with van der Waals surface area (Å²) in [6.07, 6.45) is 0. The molecule has 1 N–H and O–H groups in total. The van der Waals surface area contributed by atoms with E-state index in [4.69, 9.17) is 18.9 Å². The molecule has 1 atom stereocenters. The van der Waals surface area contributed by atoms with Crippen molar-refractivity contribution >= 4 is 56.3 Å². The van der Waals surface area contributed by atoms with Crippen molar-refractivity contribution in [2.24, 2.45) is 0 Å². The molecule has 0 aliphatic heterocycles. The number of ether oxygens (including phenoxy) is 2. The van der Waals surface area contributed by atoms with Gasteiger partial charge in [-0.25, -0.2) is 4.98 Å². The van der Waals surface area contributed by atoms with Crippen LogP contribution in [-0.2, 0) is 4.79 Å².